The van der Waals surface area contributed by atoms with E-state index in [0.717, 1.165) is 0 Å². The van der Waals surface area contributed by atoms with Crippen molar-refractivity contribution in [1.82, 2.24) is 0 Å². The van der Waals surface area contributed by atoms with Crippen LogP contribution in [0.15, 0.2) is 48.5 Å². The Balaban J connectivity index is 2.07. The van der Waals surface area contributed by atoms with Crippen molar-refractivity contribution in [1.29, 1.82) is 0 Å². The van der Waals surface area contributed by atoms with Crippen molar-refractivity contribution in [3.8, 4) is 0 Å². The molecule has 2 amide bonds. The van der Waals surface area contributed by atoms with Crippen molar-refractivity contribution in [3.05, 3.63) is 59.9 Å². The second-order valence-electron chi connectivity index (χ2n) is 4.20. The van der Waals surface area contributed by atoms with Gasteiger partial charge in [0.1, 0.15) is 5.82 Å². The van der Waals surface area contributed by atoms with Gasteiger partial charge in [0, 0.05) is 11.3 Å². The Hall–Kier alpha value is -2.69. The lowest BCUT2D eigenvalue weighted by Crippen LogP contribution is -2.20. The summed E-state index contributed by atoms with van der Waals surface area (Å²) in [5.41, 5.74) is 1.05. The summed E-state index contributed by atoms with van der Waals surface area (Å²) in [7, 11) is 0. The summed E-state index contributed by atoms with van der Waals surface area (Å²) in [5, 5.41) is 4.94. The number of rotatable bonds is 3. The lowest BCUT2D eigenvalue weighted by atomic mass is 10.1. The maximum atomic E-state index is 13.4. The SMILES string of the molecule is CC(=O)c1cccc(NC(=O)Nc2ccccc2F)c1. The minimum atomic E-state index is -0.573. The Morgan fingerprint density at radius 1 is 1.00 bits per heavy atom. The third-order valence-corrected chi connectivity index (χ3v) is 2.65. The van der Waals surface area contributed by atoms with Crippen molar-refractivity contribution in [2.24, 2.45) is 0 Å². The number of ketones is 1. The van der Waals surface area contributed by atoms with Crippen molar-refractivity contribution >= 4 is 23.2 Å². The summed E-state index contributed by atoms with van der Waals surface area (Å²) >= 11 is 0. The minimum absolute atomic E-state index is 0.0905. The van der Waals surface area contributed by atoms with Gasteiger partial charge in [-0.05, 0) is 31.2 Å². The van der Waals surface area contributed by atoms with Gasteiger partial charge in [-0.3, -0.25) is 4.79 Å². The number of Topliss-reactive ketones (excluding diaryl/α,β-unsaturated/α-hetero) is 1. The highest BCUT2D eigenvalue weighted by molar-refractivity contribution is 6.01. The predicted molar refractivity (Wildman–Crippen MR) is 75.5 cm³/mol. The molecule has 0 aliphatic heterocycles. The van der Waals surface area contributed by atoms with Gasteiger partial charge in [0.25, 0.3) is 0 Å². The van der Waals surface area contributed by atoms with E-state index in [1.165, 1.54) is 25.1 Å². The van der Waals surface area contributed by atoms with Gasteiger partial charge in [-0.15, -0.1) is 0 Å². The normalized spacial score (nSPS) is 9.90. The standard InChI is InChI=1S/C15H13FN2O2/c1-10(19)11-5-4-6-12(9-11)17-15(20)18-14-8-3-2-7-13(14)16/h2-9H,1H3,(H2,17,18,20). The summed E-state index contributed by atoms with van der Waals surface area (Å²) in [6, 6.07) is 11.8. The topological polar surface area (TPSA) is 58.2 Å². The van der Waals surface area contributed by atoms with Crippen LogP contribution in [0.25, 0.3) is 0 Å². The van der Waals surface area contributed by atoms with Crippen LogP contribution in [0.5, 0.6) is 0 Å². The van der Waals surface area contributed by atoms with Gasteiger partial charge in [-0.25, -0.2) is 9.18 Å². The van der Waals surface area contributed by atoms with E-state index in [4.69, 9.17) is 0 Å². The molecule has 20 heavy (non-hydrogen) atoms. The van der Waals surface area contributed by atoms with Crippen LogP contribution in [-0.4, -0.2) is 11.8 Å². The van der Waals surface area contributed by atoms with Crippen molar-refractivity contribution in [2.75, 3.05) is 10.6 Å². The number of urea groups is 1. The summed E-state index contributed by atoms with van der Waals surface area (Å²) in [4.78, 5) is 23.0. The number of anilines is 2. The van der Waals surface area contributed by atoms with Crippen LogP contribution in [-0.2, 0) is 0 Å². The quantitative estimate of drug-likeness (QED) is 0.837. The smallest absolute Gasteiger partial charge is 0.308 e. The molecule has 0 fully saturated rings. The van der Waals surface area contributed by atoms with Gasteiger partial charge in [0.15, 0.2) is 5.78 Å². The molecule has 0 heterocycles. The maximum absolute atomic E-state index is 13.4. The van der Waals surface area contributed by atoms with E-state index >= 15 is 0 Å². The Kier molecular flexibility index (Phi) is 4.10. The van der Waals surface area contributed by atoms with Gasteiger partial charge in [-0.1, -0.05) is 24.3 Å². The van der Waals surface area contributed by atoms with Crippen LogP contribution in [0, 0.1) is 5.82 Å². The van der Waals surface area contributed by atoms with Crippen molar-refractivity contribution in [3.63, 3.8) is 0 Å². The summed E-state index contributed by atoms with van der Waals surface area (Å²) < 4.78 is 13.4. The van der Waals surface area contributed by atoms with Crippen LogP contribution in [0.1, 0.15) is 17.3 Å². The largest absolute Gasteiger partial charge is 0.323 e. The average Bonchev–Trinajstić information content (AvgIpc) is 2.41. The fourth-order valence-electron chi connectivity index (χ4n) is 1.66. The Labute approximate surface area is 115 Å². The molecular formula is C15H13FN2O2. The van der Waals surface area contributed by atoms with E-state index in [2.05, 4.69) is 10.6 Å². The molecule has 0 saturated heterocycles. The first kappa shape index (κ1) is 13.7. The monoisotopic (exact) mass is 272 g/mol. The molecule has 2 aromatic rings. The maximum Gasteiger partial charge on any atom is 0.323 e. The highest BCUT2D eigenvalue weighted by atomic mass is 19.1. The number of carbonyl (C=O) groups excluding carboxylic acids is 2. The molecule has 0 unspecified atom stereocenters. The van der Waals surface area contributed by atoms with Gasteiger partial charge >= 0.3 is 6.03 Å². The molecule has 2 rings (SSSR count). The molecule has 0 atom stereocenters. The van der Waals surface area contributed by atoms with E-state index in [-0.39, 0.29) is 11.5 Å². The van der Waals surface area contributed by atoms with E-state index in [1.54, 1.807) is 30.3 Å². The Morgan fingerprint density at radius 2 is 1.75 bits per heavy atom. The molecule has 0 aliphatic carbocycles. The van der Waals surface area contributed by atoms with Crippen molar-refractivity contribution < 1.29 is 14.0 Å². The number of amides is 2. The molecule has 0 aliphatic rings. The first-order valence-electron chi connectivity index (χ1n) is 6.00. The van der Waals surface area contributed by atoms with E-state index in [9.17, 15) is 14.0 Å². The molecule has 2 N–H and O–H groups in total. The molecule has 0 bridgehead atoms. The van der Waals surface area contributed by atoms with E-state index in [0.29, 0.717) is 11.3 Å². The number of benzene rings is 2. The lowest BCUT2D eigenvalue weighted by molar-refractivity contribution is 0.101. The van der Waals surface area contributed by atoms with Crippen LogP contribution >= 0.6 is 0 Å². The number of hydrogen-bond donors (Lipinski definition) is 2. The Bertz CT molecular complexity index is 656. The van der Waals surface area contributed by atoms with Gasteiger partial charge in [0.2, 0.25) is 0 Å². The number of nitrogens with one attached hydrogen (secondary N) is 2. The zero-order chi connectivity index (χ0) is 14.5. The second kappa shape index (κ2) is 5.97. The predicted octanol–water partition coefficient (Wildman–Crippen LogP) is 3.67. The second-order valence-corrected chi connectivity index (χ2v) is 4.20. The molecular weight excluding hydrogens is 259 g/mol. The third kappa shape index (κ3) is 3.41. The fourth-order valence-corrected chi connectivity index (χ4v) is 1.66. The average molecular weight is 272 g/mol. The number of carbonyl (C=O) groups is 2. The van der Waals surface area contributed by atoms with Crippen LogP contribution in [0.4, 0.5) is 20.6 Å². The van der Waals surface area contributed by atoms with E-state index < -0.39 is 11.8 Å². The van der Waals surface area contributed by atoms with Gasteiger partial charge in [-0.2, -0.15) is 0 Å². The number of halogens is 1. The fraction of sp³-hybridized carbons (Fsp3) is 0.0667. The zero-order valence-electron chi connectivity index (χ0n) is 10.8. The molecule has 5 heteroatoms. The molecule has 0 saturated carbocycles. The first-order valence-corrected chi connectivity index (χ1v) is 6.00. The highest BCUT2D eigenvalue weighted by Gasteiger charge is 2.07. The lowest BCUT2D eigenvalue weighted by Gasteiger charge is -2.08. The van der Waals surface area contributed by atoms with Crippen LogP contribution in [0.2, 0.25) is 0 Å². The highest BCUT2D eigenvalue weighted by Crippen LogP contribution is 2.14. The number of para-hydroxylation sites is 1. The Morgan fingerprint density at radius 3 is 2.45 bits per heavy atom. The van der Waals surface area contributed by atoms with Crippen molar-refractivity contribution in [2.45, 2.75) is 6.92 Å². The van der Waals surface area contributed by atoms with Crippen LogP contribution < -0.4 is 10.6 Å². The molecule has 0 radical (unpaired) electrons. The molecule has 4 nitrogen and oxygen atoms in total. The molecule has 2 aromatic carbocycles. The van der Waals surface area contributed by atoms with Gasteiger partial charge in [0.05, 0.1) is 5.69 Å². The number of hydrogen-bond acceptors (Lipinski definition) is 2. The molecule has 102 valence electrons. The van der Waals surface area contributed by atoms with Crippen LogP contribution in [0.3, 0.4) is 0 Å². The zero-order valence-corrected chi connectivity index (χ0v) is 10.8. The summed E-state index contributed by atoms with van der Waals surface area (Å²) in [6.07, 6.45) is 0. The molecule has 0 spiro atoms. The summed E-state index contributed by atoms with van der Waals surface area (Å²) in [5.74, 6) is -0.608. The van der Waals surface area contributed by atoms with E-state index in [1.807, 2.05) is 0 Å². The summed E-state index contributed by atoms with van der Waals surface area (Å²) in [6.45, 7) is 1.44. The first-order chi connectivity index (χ1) is 9.56. The minimum Gasteiger partial charge on any atom is -0.308 e. The molecule has 0 aromatic heterocycles. The third-order valence-electron chi connectivity index (χ3n) is 2.65. The van der Waals surface area contributed by atoms with Gasteiger partial charge < -0.3 is 10.6 Å².